The van der Waals surface area contributed by atoms with E-state index in [-0.39, 0.29) is 5.41 Å². The topological polar surface area (TPSA) is 24.6 Å². The lowest BCUT2D eigenvalue weighted by Crippen LogP contribution is -2.14. The fourth-order valence-electron chi connectivity index (χ4n) is 20.5. The summed E-state index contributed by atoms with van der Waals surface area (Å²) >= 11 is 0. The van der Waals surface area contributed by atoms with Gasteiger partial charge in [-0.3, -0.25) is 0 Å². The Kier molecular flexibility index (Phi) is 16.9. The SMILES string of the molecule is CC1(C)c2ccccc2-c2cc(-c3ccc4c5ccccc5n(-c5ccc(-c6ccccc6)c6ccccc56)c4c3)ccc21.c1ccc(-n2c3ccccc3c3cc(-c4ccc5c(c4)c4ccccc4n5-c4cccc5ccccc45)ccc32)cc1.c1ccc(-n2c3ccccc3c3cc(-c4ccc5c(c4)c4ccccc4n5-c4ccccc4)ccc32)cc1. The molecule has 0 spiro atoms. The molecule has 26 rings (SSSR count). The minimum absolute atomic E-state index is 0.00774. The van der Waals surface area contributed by atoms with E-state index in [0.717, 1.165) is 0 Å². The van der Waals surface area contributed by atoms with E-state index < -0.39 is 0 Å². The number of benzene rings is 20. The summed E-state index contributed by atoms with van der Waals surface area (Å²) in [5, 5.41) is 17.7. The van der Waals surface area contributed by atoms with Crippen molar-refractivity contribution in [2.24, 2.45) is 0 Å². The van der Waals surface area contributed by atoms with E-state index in [9.17, 15) is 0 Å². The highest BCUT2D eigenvalue weighted by atomic mass is 15.0. The average Bonchev–Trinajstić information content (AvgIpc) is 1.57. The van der Waals surface area contributed by atoms with Crippen molar-refractivity contribution in [2.75, 3.05) is 0 Å². The van der Waals surface area contributed by atoms with Crippen LogP contribution in [0.1, 0.15) is 25.0 Å². The van der Waals surface area contributed by atoms with E-state index in [2.05, 4.69) is 492 Å². The summed E-state index contributed by atoms with van der Waals surface area (Å²) < 4.78 is 12.0. The highest BCUT2D eigenvalue weighted by Gasteiger charge is 2.35. The number of hydrogen-bond donors (Lipinski definition) is 0. The van der Waals surface area contributed by atoms with Crippen molar-refractivity contribution in [3.05, 3.63) is 466 Å². The second-order valence-corrected chi connectivity index (χ2v) is 33.4. The Morgan fingerprint density at radius 2 is 0.468 bits per heavy atom. The Bertz CT molecular complexity index is 8410. The zero-order chi connectivity index (χ0) is 82.1. The lowest BCUT2D eigenvalue weighted by molar-refractivity contribution is 0.660. The predicted octanol–water partition coefficient (Wildman–Crippen LogP) is 31.8. The van der Waals surface area contributed by atoms with Gasteiger partial charge in [-0.05, 0) is 217 Å². The van der Waals surface area contributed by atoms with E-state index in [1.165, 1.54) is 226 Å². The molecule has 5 nitrogen and oxygen atoms in total. The molecular formula is C119H81N5. The largest absolute Gasteiger partial charge is 0.309 e. The van der Waals surface area contributed by atoms with Crippen LogP contribution in [0.5, 0.6) is 0 Å². The van der Waals surface area contributed by atoms with Gasteiger partial charge in [0, 0.05) is 87.1 Å². The molecule has 1 aliphatic carbocycles. The molecule has 0 unspecified atom stereocenters. The first-order chi connectivity index (χ1) is 61.3. The molecule has 5 heterocycles. The van der Waals surface area contributed by atoms with Crippen LogP contribution in [0.25, 0.3) is 215 Å². The molecule has 0 bridgehead atoms. The first-order valence-corrected chi connectivity index (χ1v) is 42.9. The van der Waals surface area contributed by atoms with Crippen molar-refractivity contribution in [3.63, 3.8) is 0 Å². The number of hydrogen-bond acceptors (Lipinski definition) is 0. The minimum atomic E-state index is 0.00774. The molecule has 0 radical (unpaired) electrons. The Morgan fingerprint density at radius 3 is 0.960 bits per heavy atom. The van der Waals surface area contributed by atoms with Gasteiger partial charge in [0.1, 0.15) is 0 Å². The summed E-state index contributed by atoms with van der Waals surface area (Å²) in [5.74, 6) is 0. The van der Waals surface area contributed by atoms with E-state index in [1.54, 1.807) is 0 Å². The fraction of sp³-hybridized carbons (Fsp3) is 0.0252. The van der Waals surface area contributed by atoms with Crippen LogP contribution in [0, 0.1) is 0 Å². The van der Waals surface area contributed by atoms with Gasteiger partial charge in [-0.15, -0.1) is 0 Å². The van der Waals surface area contributed by atoms with Crippen LogP contribution >= 0.6 is 0 Å². The zero-order valence-electron chi connectivity index (χ0n) is 68.5. The number of para-hydroxylation sites is 8. The summed E-state index contributed by atoms with van der Waals surface area (Å²) in [6, 6.07) is 166. The van der Waals surface area contributed by atoms with Gasteiger partial charge in [-0.2, -0.15) is 0 Å². The van der Waals surface area contributed by atoms with Gasteiger partial charge < -0.3 is 22.8 Å². The molecule has 25 aromatic rings. The van der Waals surface area contributed by atoms with E-state index >= 15 is 0 Å². The molecule has 0 amide bonds. The third-order valence-electron chi connectivity index (χ3n) is 26.2. The van der Waals surface area contributed by atoms with Crippen LogP contribution < -0.4 is 0 Å². The smallest absolute Gasteiger partial charge is 0.0547 e. The predicted molar refractivity (Wildman–Crippen MR) is 525 cm³/mol. The van der Waals surface area contributed by atoms with Crippen LogP contribution in [0.15, 0.2) is 455 Å². The quantitative estimate of drug-likeness (QED) is 0.138. The molecule has 20 aromatic carbocycles. The maximum absolute atomic E-state index is 2.47. The molecule has 0 fully saturated rings. The van der Waals surface area contributed by atoms with Crippen LogP contribution in [0.2, 0.25) is 0 Å². The Labute approximate surface area is 717 Å². The number of aromatic nitrogens is 5. The zero-order valence-corrected chi connectivity index (χ0v) is 68.5. The normalized spacial score (nSPS) is 12.3. The third-order valence-corrected chi connectivity index (χ3v) is 26.2. The fourth-order valence-corrected chi connectivity index (χ4v) is 20.5. The van der Waals surface area contributed by atoms with Crippen LogP contribution in [0.3, 0.4) is 0 Å². The van der Waals surface area contributed by atoms with Gasteiger partial charge in [0.15, 0.2) is 0 Å². The standard InChI is InChI=1S/C43H31N.C40H26N2.C36H24N2/c1-43(2)38-18-10-8-15-33(38)37-26-29(21-24-39(37)43)30-20-22-36-35-17-9-11-19-40(35)44(42(36)27-30)41-25-23-31(28-12-4-3-5-13-28)32-14-6-7-16-34(32)41;1-2-13-30(14-3-1)41-37-18-8-6-16-32(37)34-25-28(21-23-39(34)41)29-22-24-40-35(26-29)33-17-7-9-19-38(33)42(40)36-20-10-12-27-11-4-5-15-31(27)36;1-3-11-27(12-4-1)37-33-17-9-7-15-29(33)31-23-25(19-21-35(31)37)26-20-22-36-32(24-26)30-16-8-10-18-34(30)38(36)28-13-5-2-6-14-28/h3-27H,1-2H3;1-26H;1-24H. The Balaban J connectivity index is 0.000000105. The first-order valence-electron chi connectivity index (χ1n) is 42.9. The summed E-state index contributed by atoms with van der Waals surface area (Å²) in [7, 11) is 0. The molecule has 124 heavy (non-hydrogen) atoms. The average molecular weight is 1580 g/mol. The van der Waals surface area contributed by atoms with Gasteiger partial charge in [-0.25, -0.2) is 0 Å². The Morgan fingerprint density at radius 1 is 0.153 bits per heavy atom. The van der Waals surface area contributed by atoms with Crippen molar-refractivity contribution < 1.29 is 0 Å². The van der Waals surface area contributed by atoms with Crippen molar-refractivity contribution in [3.8, 4) is 84.1 Å². The molecular weight excluding hydrogens is 1500 g/mol. The number of rotatable bonds is 9. The van der Waals surface area contributed by atoms with Crippen molar-refractivity contribution in [2.45, 2.75) is 19.3 Å². The summed E-state index contributed by atoms with van der Waals surface area (Å²) in [6.07, 6.45) is 0. The van der Waals surface area contributed by atoms with Crippen molar-refractivity contribution >= 4 is 131 Å². The highest BCUT2D eigenvalue weighted by molar-refractivity contribution is 6.17. The van der Waals surface area contributed by atoms with Gasteiger partial charge in [0.2, 0.25) is 0 Å². The summed E-state index contributed by atoms with van der Waals surface area (Å²) in [5.41, 5.74) is 33.6. The van der Waals surface area contributed by atoms with Crippen LogP contribution in [0.4, 0.5) is 0 Å². The minimum Gasteiger partial charge on any atom is -0.309 e. The monoisotopic (exact) mass is 1580 g/mol. The molecule has 1 aliphatic rings. The second-order valence-electron chi connectivity index (χ2n) is 33.4. The Hall–Kier alpha value is -16.1. The summed E-state index contributed by atoms with van der Waals surface area (Å²) in [4.78, 5) is 0. The molecule has 5 aromatic heterocycles. The van der Waals surface area contributed by atoms with Gasteiger partial charge in [0.25, 0.3) is 0 Å². The summed E-state index contributed by atoms with van der Waals surface area (Å²) in [6.45, 7) is 4.68. The number of fused-ring (bicyclic) bond motifs is 20. The second kappa shape index (κ2) is 29.1. The number of nitrogens with zero attached hydrogens (tertiary/aromatic N) is 5. The lowest BCUT2D eigenvalue weighted by Gasteiger charge is -2.21. The van der Waals surface area contributed by atoms with E-state index in [0.29, 0.717) is 0 Å². The van der Waals surface area contributed by atoms with Crippen LogP contribution in [-0.4, -0.2) is 22.8 Å². The van der Waals surface area contributed by atoms with Gasteiger partial charge in [-0.1, -0.05) is 329 Å². The molecule has 582 valence electrons. The third kappa shape index (κ3) is 11.6. The van der Waals surface area contributed by atoms with Crippen molar-refractivity contribution in [1.29, 1.82) is 0 Å². The maximum atomic E-state index is 2.47. The van der Waals surface area contributed by atoms with E-state index in [4.69, 9.17) is 0 Å². The molecule has 0 saturated heterocycles. The molecule has 5 heteroatoms. The van der Waals surface area contributed by atoms with Crippen LogP contribution in [-0.2, 0) is 5.41 Å². The van der Waals surface area contributed by atoms with Crippen molar-refractivity contribution in [1.82, 2.24) is 22.8 Å². The van der Waals surface area contributed by atoms with Gasteiger partial charge in [0.05, 0.1) is 66.5 Å². The maximum Gasteiger partial charge on any atom is 0.0547 e. The first kappa shape index (κ1) is 72.0. The molecule has 0 aliphatic heterocycles. The van der Waals surface area contributed by atoms with E-state index in [1.807, 2.05) is 0 Å². The lowest BCUT2D eigenvalue weighted by atomic mass is 9.82. The molecule has 0 atom stereocenters. The highest BCUT2D eigenvalue weighted by Crippen LogP contribution is 2.51. The molecule has 0 saturated carbocycles. The molecule has 0 N–H and O–H groups in total. The van der Waals surface area contributed by atoms with Gasteiger partial charge >= 0.3 is 0 Å².